The minimum atomic E-state index is -1.36. The van der Waals surface area contributed by atoms with Crippen molar-refractivity contribution in [2.45, 2.75) is 26.3 Å². The number of nitrogens with zero attached hydrogens (tertiary/aromatic N) is 1. The number of hydrogen-bond donors (Lipinski definition) is 1. The lowest BCUT2D eigenvalue weighted by Gasteiger charge is -2.34. The lowest BCUT2D eigenvalue weighted by atomic mass is 9.91. The van der Waals surface area contributed by atoms with Crippen molar-refractivity contribution >= 4 is 17.6 Å². The van der Waals surface area contributed by atoms with E-state index in [1.54, 1.807) is 26.0 Å². The van der Waals surface area contributed by atoms with Crippen LogP contribution >= 0.6 is 0 Å². The molecule has 0 heterocycles. The van der Waals surface area contributed by atoms with Gasteiger partial charge in [-0.05, 0) is 38.0 Å². The van der Waals surface area contributed by atoms with E-state index in [2.05, 4.69) is 13.2 Å². The molecule has 5 nitrogen and oxygen atoms in total. The van der Waals surface area contributed by atoms with Crippen LogP contribution in [0.15, 0.2) is 43.5 Å². The molecule has 1 aromatic carbocycles. The summed E-state index contributed by atoms with van der Waals surface area (Å²) in [7, 11) is 0. The summed E-state index contributed by atoms with van der Waals surface area (Å²) < 4.78 is 0. The zero-order valence-electron chi connectivity index (χ0n) is 12.4. The van der Waals surface area contributed by atoms with E-state index in [1.165, 1.54) is 0 Å². The maximum atomic E-state index is 11.4. The largest absolute Gasteiger partial charge is 0.463 e. The predicted octanol–water partition coefficient (Wildman–Crippen LogP) is 3.58. The van der Waals surface area contributed by atoms with Gasteiger partial charge in [0.1, 0.15) is 5.54 Å². The summed E-state index contributed by atoms with van der Waals surface area (Å²) in [6, 6.07) is 7.27. The van der Waals surface area contributed by atoms with Crippen molar-refractivity contribution in [3.8, 4) is 0 Å². The van der Waals surface area contributed by atoms with E-state index in [4.69, 9.17) is 4.84 Å². The first-order chi connectivity index (χ1) is 9.70. The van der Waals surface area contributed by atoms with Crippen molar-refractivity contribution in [2.24, 2.45) is 0 Å². The van der Waals surface area contributed by atoms with Gasteiger partial charge in [-0.2, -0.15) is 0 Å². The van der Waals surface area contributed by atoms with Gasteiger partial charge in [-0.1, -0.05) is 36.9 Å². The molecule has 1 N–H and O–H groups in total. The van der Waals surface area contributed by atoms with E-state index in [1.807, 2.05) is 19.1 Å². The second kappa shape index (κ2) is 6.26. The predicted molar refractivity (Wildman–Crippen MR) is 80.3 cm³/mol. The van der Waals surface area contributed by atoms with Crippen LogP contribution < -0.4 is 0 Å². The monoisotopic (exact) mass is 289 g/mol. The topological polar surface area (TPSA) is 66.8 Å². The van der Waals surface area contributed by atoms with Crippen LogP contribution in [0.3, 0.4) is 0 Å². The summed E-state index contributed by atoms with van der Waals surface area (Å²) in [4.78, 5) is 27.5. The molecule has 112 valence electrons. The van der Waals surface area contributed by atoms with Crippen LogP contribution in [0.1, 0.15) is 31.9 Å². The van der Waals surface area contributed by atoms with Crippen molar-refractivity contribution < 1.29 is 19.5 Å². The van der Waals surface area contributed by atoms with Crippen LogP contribution in [0.5, 0.6) is 0 Å². The molecule has 5 heteroatoms. The van der Waals surface area contributed by atoms with Crippen molar-refractivity contribution in [3.63, 3.8) is 0 Å². The summed E-state index contributed by atoms with van der Waals surface area (Å²) in [6.07, 6.45) is -0.452. The van der Waals surface area contributed by atoms with Gasteiger partial charge in [0, 0.05) is 6.08 Å². The van der Waals surface area contributed by atoms with Crippen molar-refractivity contribution in [2.75, 3.05) is 0 Å². The number of rotatable bonds is 4. The van der Waals surface area contributed by atoms with Gasteiger partial charge < -0.3 is 9.94 Å². The molecule has 0 atom stereocenters. The fourth-order valence-electron chi connectivity index (χ4n) is 1.80. The second-order valence-corrected chi connectivity index (χ2v) is 5.11. The van der Waals surface area contributed by atoms with Gasteiger partial charge in [0.05, 0.1) is 0 Å². The van der Waals surface area contributed by atoms with Gasteiger partial charge >= 0.3 is 12.1 Å². The number of carbonyl (C=O) groups is 2. The number of hydroxylamine groups is 2. The molecule has 0 aliphatic heterocycles. The highest BCUT2D eigenvalue weighted by molar-refractivity contribution is 5.82. The summed E-state index contributed by atoms with van der Waals surface area (Å²) >= 11 is 0. The van der Waals surface area contributed by atoms with Crippen LogP contribution in [-0.4, -0.2) is 22.2 Å². The molecule has 0 aromatic heterocycles. The van der Waals surface area contributed by atoms with E-state index in [-0.39, 0.29) is 0 Å². The molecule has 1 rings (SSSR count). The molecule has 0 aliphatic rings. The third-order valence-corrected chi connectivity index (χ3v) is 3.09. The quantitative estimate of drug-likeness (QED) is 0.679. The standard InChI is InChI=1S/C16H19NO4/c1-6-14(18)21-17(15(19)20)16(4,5)13-9-7-8-12(10-13)11(2)3/h6-10H,1-2H2,3-5H3,(H,19,20). The minimum Gasteiger partial charge on any atom is -0.463 e. The zero-order valence-corrected chi connectivity index (χ0v) is 12.4. The Morgan fingerprint density at radius 3 is 2.48 bits per heavy atom. The van der Waals surface area contributed by atoms with Crippen molar-refractivity contribution in [3.05, 3.63) is 54.6 Å². The maximum Gasteiger partial charge on any atom is 0.441 e. The average Bonchev–Trinajstić information content (AvgIpc) is 2.43. The van der Waals surface area contributed by atoms with Crippen LogP contribution in [-0.2, 0) is 15.2 Å². The number of carboxylic acid groups (broad SMARTS) is 1. The normalized spacial score (nSPS) is 10.6. The number of benzene rings is 1. The molecule has 21 heavy (non-hydrogen) atoms. The third-order valence-electron chi connectivity index (χ3n) is 3.09. The van der Waals surface area contributed by atoms with E-state index >= 15 is 0 Å². The fourth-order valence-corrected chi connectivity index (χ4v) is 1.80. The van der Waals surface area contributed by atoms with Crippen LogP contribution in [0, 0.1) is 0 Å². The Morgan fingerprint density at radius 1 is 1.38 bits per heavy atom. The molecular weight excluding hydrogens is 270 g/mol. The maximum absolute atomic E-state index is 11.4. The summed E-state index contributed by atoms with van der Waals surface area (Å²) in [5, 5.41) is 9.91. The summed E-state index contributed by atoms with van der Waals surface area (Å²) in [5.41, 5.74) is 1.37. The Labute approximate surface area is 124 Å². The van der Waals surface area contributed by atoms with Crippen molar-refractivity contribution in [1.29, 1.82) is 0 Å². The Kier molecular flexibility index (Phi) is 4.92. The highest BCUT2D eigenvalue weighted by Gasteiger charge is 2.36. The number of hydrogen-bond acceptors (Lipinski definition) is 3. The number of carbonyl (C=O) groups excluding carboxylic acids is 1. The molecule has 0 bridgehead atoms. The van der Waals surface area contributed by atoms with Crippen LogP contribution in [0.2, 0.25) is 0 Å². The smallest absolute Gasteiger partial charge is 0.441 e. The lowest BCUT2D eigenvalue weighted by Crippen LogP contribution is -2.45. The SMILES string of the molecule is C=CC(=O)ON(C(=O)O)C(C)(C)c1cccc(C(=C)C)c1. The average molecular weight is 289 g/mol. The van der Waals surface area contributed by atoms with Gasteiger partial charge in [0.25, 0.3) is 0 Å². The van der Waals surface area contributed by atoms with Gasteiger partial charge in [-0.25, -0.2) is 9.59 Å². The van der Waals surface area contributed by atoms with E-state index in [0.717, 1.165) is 17.2 Å². The minimum absolute atomic E-state index is 0.620. The zero-order chi connectivity index (χ0) is 16.2. The Hall–Kier alpha value is -2.56. The third kappa shape index (κ3) is 3.72. The fraction of sp³-hybridized carbons (Fsp3) is 0.250. The van der Waals surface area contributed by atoms with E-state index in [9.17, 15) is 14.7 Å². The Bertz CT molecular complexity index is 590. The summed E-state index contributed by atoms with van der Waals surface area (Å²) in [6.45, 7) is 12.3. The van der Waals surface area contributed by atoms with Crippen molar-refractivity contribution in [1.82, 2.24) is 5.06 Å². The molecule has 0 radical (unpaired) electrons. The van der Waals surface area contributed by atoms with Crippen LogP contribution in [0.4, 0.5) is 4.79 Å². The first kappa shape index (κ1) is 16.5. The highest BCUT2D eigenvalue weighted by atomic mass is 16.7. The molecule has 0 saturated carbocycles. The number of amides is 1. The molecule has 0 fully saturated rings. The Morgan fingerprint density at radius 2 is 2.00 bits per heavy atom. The molecule has 0 spiro atoms. The van der Waals surface area contributed by atoms with Gasteiger partial charge in [-0.3, -0.25) is 0 Å². The summed E-state index contributed by atoms with van der Waals surface area (Å²) in [5.74, 6) is -0.832. The van der Waals surface area contributed by atoms with Gasteiger partial charge in [0.15, 0.2) is 0 Å². The molecule has 1 amide bonds. The molecular formula is C16H19NO4. The number of allylic oxidation sites excluding steroid dienone is 1. The molecule has 0 saturated heterocycles. The van der Waals surface area contributed by atoms with E-state index in [0.29, 0.717) is 10.6 Å². The van der Waals surface area contributed by atoms with E-state index < -0.39 is 17.6 Å². The van der Waals surface area contributed by atoms with Gasteiger partial charge in [0.2, 0.25) is 0 Å². The first-order valence-electron chi connectivity index (χ1n) is 6.34. The molecule has 0 aliphatic carbocycles. The van der Waals surface area contributed by atoms with Gasteiger partial charge in [-0.15, -0.1) is 5.06 Å². The second-order valence-electron chi connectivity index (χ2n) is 5.11. The highest BCUT2D eigenvalue weighted by Crippen LogP contribution is 2.30. The van der Waals surface area contributed by atoms with Crippen LogP contribution in [0.25, 0.3) is 5.57 Å². The molecule has 0 unspecified atom stereocenters. The lowest BCUT2D eigenvalue weighted by molar-refractivity contribution is -0.196. The molecule has 1 aromatic rings. The Balaban J connectivity index is 3.24. The first-order valence-corrected chi connectivity index (χ1v) is 6.34.